The summed E-state index contributed by atoms with van der Waals surface area (Å²) in [4.78, 5) is 11.8. The molecular weight excluding hydrogens is 240 g/mol. The van der Waals surface area contributed by atoms with Crippen LogP contribution in [0.25, 0.3) is 0 Å². The monoisotopic (exact) mass is 256 g/mol. The van der Waals surface area contributed by atoms with Crippen LogP contribution >= 0.6 is 0 Å². The maximum Gasteiger partial charge on any atom is 0.291 e. The summed E-state index contributed by atoms with van der Waals surface area (Å²) in [6.45, 7) is 3.84. The first kappa shape index (κ1) is 13.0. The molecule has 1 aromatic carbocycles. The number of nitrogens with zero attached hydrogens (tertiary/aromatic N) is 2. The molecule has 5 heteroatoms. The number of aromatic amines is 1. The van der Waals surface area contributed by atoms with Crippen LogP contribution < -0.4 is 5.43 Å². The fourth-order valence-electron chi connectivity index (χ4n) is 1.69. The molecule has 1 amide bonds. The van der Waals surface area contributed by atoms with E-state index in [2.05, 4.69) is 20.7 Å². The van der Waals surface area contributed by atoms with Gasteiger partial charge in [-0.3, -0.25) is 9.89 Å². The lowest BCUT2D eigenvalue weighted by molar-refractivity contribution is 0.0950. The van der Waals surface area contributed by atoms with Gasteiger partial charge in [-0.1, -0.05) is 37.3 Å². The van der Waals surface area contributed by atoms with Gasteiger partial charge in [-0.25, -0.2) is 5.43 Å². The van der Waals surface area contributed by atoms with Crippen molar-refractivity contribution in [3.05, 3.63) is 53.3 Å². The Hall–Kier alpha value is -2.43. The Bertz CT molecular complexity index is 587. The van der Waals surface area contributed by atoms with Crippen LogP contribution in [0.2, 0.25) is 0 Å². The predicted molar refractivity (Wildman–Crippen MR) is 74.1 cm³/mol. The van der Waals surface area contributed by atoms with Gasteiger partial charge in [0.2, 0.25) is 0 Å². The molecule has 2 N–H and O–H groups in total. The third-order valence-corrected chi connectivity index (χ3v) is 2.67. The Balaban J connectivity index is 2.10. The van der Waals surface area contributed by atoms with Crippen molar-refractivity contribution in [2.75, 3.05) is 0 Å². The predicted octanol–water partition coefficient (Wildman–Crippen LogP) is 2.26. The first-order chi connectivity index (χ1) is 9.20. The molecule has 2 aromatic rings. The molecule has 2 rings (SSSR count). The zero-order chi connectivity index (χ0) is 13.7. The van der Waals surface area contributed by atoms with Crippen LogP contribution in [-0.2, 0) is 0 Å². The number of nitrogens with one attached hydrogen (secondary N) is 2. The minimum absolute atomic E-state index is 0.314. The summed E-state index contributed by atoms with van der Waals surface area (Å²) in [7, 11) is 0. The maximum atomic E-state index is 11.8. The van der Waals surface area contributed by atoms with Gasteiger partial charge in [0.1, 0.15) is 0 Å². The van der Waals surface area contributed by atoms with E-state index in [-0.39, 0.29) is 5.91 Å². The Labute approximate surface area is 111 Å². The number of amides is 1. The lowest BCUT2D eigenvalue weighted by atomic mass is 10.1. The largest absolute Gasteiger partial charge is 0.291 e. The first-order valence-corrected chi connectivity index (χ1v) is 6.15. The molecule has 0 aliphatic carbocycles. The molecule has 0 saturated heterocycles. The third-order valence-electron chi connectivity index (χ3n) is 2.67. The number of H-pyrrole nitrogens is 1. The quantitative estimate of drug-likeness (QED) is 0.650. The number of hydrazone groups is 1. The van der Waals surface area contributed by atoms with Crippen molar-refractivity contribution in [3.63, 3.8) is 0 Å². The van der Waals surface area contributed by atoms with E-state index in [9.17, 15) is 4.79 Å². The molecule has 1 heterocycles. The van der Waals surface area contributed by atoms with Gasteiger partial charge in [0, 0.05) is 5.69 Å². The third kappa shape index (κ3) is 3.28. The molecule has 0 saturated carbocycles. The lowest BCUT2D eigenvalue weighted by Crippen LogP contribution is -2.20. The number of benzene rings is 1. The second-order valence-electron chi connectivity index (χ2n) is 4.16. The molecule has 1 aromatic heterocycles. The summed E-state index contributed by atoms with van der Waals surface area (Å²) in [6.07, 6.45) is 0.740. The Morgan fingerprint density at radius 1 is 1.37 bits per heavy atom. The van der Waals surface area contributed by atoms with Crippen LogP contribution in [0.1, 0.15) is 35.1 Å². The summed E-state index contributed by atoms with van der Waals surface area (Å²) in [5.41, 5.74) is 5.54. The summed E-state index contributed by atoms with van der Waals surface area (Å²) in [6, 6.07) is 11.4. The standard InChI is InChI=1S/C14H16N4O/c1-3-12(11-7-5-4-6-8-11)16-18-14(19)13-9-10(2)15-17-13/h4-9H,3H2,1-2H3,(H,15,17)(H,18,19)/b16-12+. The molecule has 0 unspecified atom stereocenters. The van der Waals surface area contributed by atoms with Crippen molar-refractivity contribution >= 4 is 11.6 Å². The van der Waals surface area contributed by atoms with Crippen molar-refractivity contribution in [2.45, 2.75) is 20.3 Å². The van der Waals surface area contributed by atoms with Gasteiger partial charge < -0.3 is 0 Å². The van der Waals surface area contributed by atoms with E-state index in [0.717, 1.165) is 23.4 Å². The number of aryl methyl sites for hydroxylation is 1. The molecule has 0 atom stereocenters. The van der Waals surface area contributed by atoms with Crippen molar-refractivity contribution < 1.29 is 4.79 Å². The Morgan fingerprint density at radius 3 is 2.68 bits per heavy atom. The molecule has 0 aliphatic rings. The van der Waals surface area contributed by atoms with E-state index in [0.29, 0.717) is 5.69 Å². The summed E-state index contributed by atoms with van der Waals surface area (Å²) >= 11 is 0. The lowest BCUT2D eigenvalue weighted by Gasteiger charge is -2.03. The smallest absolute Gasteiger partial charge is 0.282 e. The zero-order valence-electron chi connectivity index (χ0n) is 11.0. The number of hydrogen-bond donors (Lipinski definition) is 2. The first-order valence-electron chi connectivity index (χ1n) is 6.15. The molecule has 0 bridgehead atoms. The molecule has 0 spiro atoms. The van der Waals surface area contributed by atoms with Gasteiger partial charge in [-0.2, -0.15) is 10.2 Å². The Morgan fingerprint density at radius 2 is 2.11 bits per heavy atom. The summed E-state index contributed by atoms with van der Waals surface area (Å²) < 4.78 is 0. The highest BCUT2D eigenvalue weighted by atomic mass is 16.2. The number of hydrogen-bond acceptors (Lipinski definition) is 3. The highest BCUT2D eigenvalue weighted by molar-refractivity contribution is 6.01. The second kappa shape index (κ2) is 5.95. The van der Waals surface area contributed by atoms with Crippen LogP contribution in [0.15, 0.2) is 41.5 Å². The van der Waals surface area contributed by atoms with Gasteiger partial charge in [-0.15, -0.1) is 0 Å². The topological polar surface area (TPSA) is 70.1 Å². The van der Waals surface area contributed by atoms with Crippen LogP contribution in [0.5, 0.6) is 0 Å². The summed E-state index contributed by atoms with van der Waals surface area (Å²) in [5, 5.41) is 10.8. The molecule has 0 fully saturated rings. The minimum Gasteiger partial charge on any atom is -0.282 e. The van der Waals surface area contributed by atoms with E-state index < -0.39 is 0 Å². The molecule has 98 valence electrons. The maximum absolute atomic E-state index is 11.8. The number of rotatable bonds is 4. The molecule has 0 aliphatic heterocycles. The molecule has 19 heavy (non-hydrogen) atoms. The molecule has 5 nitrogen and oxygen atoms in total. The van der Waals surface area contributed by atoms with E-state index >= 15 is 0 Å². The second-order valence-corrected chi connectivity index (χ2v) is 4.16. The van der Waals surface area contributed by atoms with E-state index in [4.69, 9.17) is 0 Å². The van der Waals surface area contributed by atoms with Crippen LogP contribution in [0.4, 0.5) is 0 Å². The van der Waals surface area contributed by atoms with E-state index in [1.54, 1.807) is 6.07 Å². The fraction of sp³-hybridized carbons (Fsp3) is 0.214. The fourth-order valence-corrected chi connectivity index (χ4v) is 1.69. The van der Waals surface area contributed by atoms with Crippen LogP contribution in [0, 0.1) is 6.92 Å². The minimum atomic E-state index is -0.314. The van der Waals surface area contributed by atoms with Crippen molar-refractivity contribution in [2.24, 2.45) is 5.10 Å². The van der Waals surface area contributed by atoms with Crippen molar-refractivity contribution in [3.8, 4) is 0 Å². The zero-order valence-corrected chi connectivity index (χ0v) is 11.0. The number of carbonyl (C=O) groups is 1. The average Bonchev–Trinajstić information content (AvgIpc) is 2.87. The van der Waals surface area contributed by atoms with Gasteiger partial charge in [0.15, 0.2) is 5.69 Å². The number of carbonyl (C=O) groups excluding carboxylic acids is 1. The van der Waals surface area contributed by atoms with Gasteiger partial charge in [-0.05, 0) is 25.0 Å². The van der Waals surface area contributed by atoms with Gasteiger partial charge in [0.05, 0.1) is 5.71 Å². The van der Waals surface area contributed by atoms with Gasteiger partial charge >= 0.3 is 0 Å². The molecular formula is C14H16N4O. The van der Waals surface area contributed by atoms with Crippen molar-refractivity contribution in [1.82, 2.24) is 15.6 Å². The SMILES string of the molecule is CC/C(=N\NC(=O)c1cc(C)[nH]n1)c1ccccc1. The van der Waals surface area contributed by atoms with Crippen LogP contribution in [-0.4, -0.2) is 21.8 Å². The highest BCUT2D eigenvalue weighted by Gasteiger charge is 2.08. The highest BCUT2D eigenvalue weighted by Crippen LogP contribution is 2.04. The van der Waals surface area contributed by atoms with E-state index in [1.165, 1.54) is 0 Å². The van der Waals surface area contributed by atoms with Gasteiger partial charge in [0.25, 0.3) is 5.91 Å². The summed E-state index contributed by atoms with van der Waals surface area (Å²) in [5.74, 6) is -0.314. The Kier molecular flexibility index (Phi) is 4.07. The number of aromatic nitrogens is 2. The average molecular weight is 256 g/mol. The van der Waals surface area contributed by atoms with E-state index in [1.807, 2.05) is 44.2 Å². The van der Waals surface area contributed by atoms with Crippen molar-refractivity contribution in [1.29, 1.82) is 0 Å². The molecule has 0 radical (unpaired) electrons. The normalized spacial score (nSPS) is 11.4. The van der Waals surface area contributed by atoms with Crippen LogP contribution in [0.3, 0.4) is 0 Å².